The fraction of sp³-hybridized carbons (Fsp3) is 0.647. The van der Waals surface area contributed by atoms with Crippen LogP contribution in [-0.4, -0.2) is 0 Å². The van der Waals surface area contributed by atoms with Crippen molar-refractivity contribution in [2.45, 2.75) is 60.3 Å². The maximum atomic E-state index is 2.42. The first kappa shape index (κ1) is 12.7. The van der Waals surface area contributed by atoms with E-state index in [-0.39, 0.29) is 0 Å². The molecule has 0 amide bonds. The smallest absolute Gasteiger partial charge is 0.0104 e. The van der Waals surface area contributed by atoms with Gasteiger partial charge < -0.3 is 0 Å². The van der Waals surface area contributed by atoms with Crippen LogP contribution in [0.4, 0.5) is 0 Å². The molecule has 17 heavy (non-hydrogen) atoms. The first-order chi connectivity index (χ1) is 7.83. The maximum Gasteiger partial charge on any atom is -0.0104 e. The topological polar surface area (TPSA) is 0 Å². The third-order valence-corrected chi connectivity index (χ3v) is 4.62. The van der Waals surface area contributed by atoms with Crippen molar-refractivity contribution in [1.82, 2.24) is 0 Å². The molecule has 0 aliphatic heterocycles. The Kier molecular flexibility index (Phi) is 3.10. The van der Waals surface area contributed by atoms with Gasteiger partial charge in [0.1, 0.15) is 0 Å². The molecule has 0 heterocycles. The summed E-state index contributed by atoms with van der Waals surface area (Å²) in [5.41, 5.74) is 5.40. The van der Waals surface area contributed by atoms with E-state index in [9.17, 15) is 0 Å². The Morgan fingerprint density at radius 1 is 0.941 bits per heavy atom. The van der Waals surface area contributed by atoms with Crippen molar-refractivity contribution in [1.29, 1.82) is 0 Å². The third-order valence-electron chi connectivity index (χ3n) is 4.62. The third kappa shape index (κ3) is 2.41. The summed E-state index contributed by atoms with van der Waals surface area (Å²) in [5, 5.41) is 0. The summed E-state index contributed by atoms with van der Waals surface area (Å²) >= 11 is 0. The lowest BCUT2D eigenvalue weighted by Crippen LogP contribution is -2.18. The van der Waals surface area contributed by atoms with E-state index in [4.69, 9.17) is 0 Å². The minimum absolute atomic E-state index is 0.345. The van der Waals surface area contributed by atoms with E-state index in [1.165, 1.54) is 24.8 Å². The lowest BCUT2D eigenvalue weighted by molar-refractivity contribution is 0.368. The number of hydrogen-bond acceptors (Lipinski definition) is 0. The van der Waals surface area contributed by atoms with Crippen LogP contribution in [0.5, 0.6) is 0 Å². The molecule has 0 N–H and O–H groups in total. The fourth-order valence-electron chi connectivity index (χ4n) is 3.29. The van der Waals surface area contributed by atoms with Crippen LogP contribution in [0, 0.1) is 10.8 Å². The SMILES string of the molecule is CC1=CCC2=C(C=C1)C(C)(C)CCCC2(C)C. The number of allylic oxidation sites excluding steroid dienone is 6. The van der Waals surface area contributed by atoms with Crippen LogP contribution in [0.1, 0.15) is 60.3 Å². The molecule has 0 aromatic rings. The lowest BCUT2D eigenvalue weighted by Gasteiger charge is -2.31. The molecule has 0 atom stereocenters. The highest BCUT2D eigenvalue weighted by molar-refractivity contribution is 5.42. The van der Waals surface area contributed by atoms with Gasteiger partial charge in [0.05, 0.1) is 0 Å². The van der Waals surface area contributed by atoms with E-state index in [1.807, 2.05) is 0 Å². The summed E-state index contributed by atoms with van der Waals surface area (Å²) < 4.78 is 0. The normalized spacial score (nSPS) is 27.0. The van der Waals surface area contributed by atoms with E-state index in [0.29, 0.717) is 10.8 Å². The van der Waals surface area contributed by atoms with Gasteiger partial charge in [0.15, 0.2) is 0 Å². The van der Waals surface area contributed by atoms with E-state index < -0.39 is 0 Å². The highest BCUT2D eigenvalue weighted by Gasteiger charge is 2.35. The van der Waals surface area contributed by atoms with Crippen molar-refractivity contribution in [2.24, 2.45) is 10.8 Å². The average Bonchev–Trinajstić information content (AvgIpc) is 2.43. The molecule has 2 aliphatic rings. The second-order valence-corrected chi connectivity index (χ2v) is 7.00. The molecule has 0 aromatic carbocycles. The summed E-state index contributed by atoms with van der Waals surface area (Å²) in [6.07, 6.45) is 12.2. The van der Waals surface area contributed by atoms with Crippen LogP contribution in [0.2, 0.25) is 0 Å². The molecule has 94 valence electrons. The van der Waals surface area contributed by atoms with E-state index in [0.717, 1.165) is 6.42 Å². The van der Waals surface area contributed by atoms with Gasteiger partial charge in [0.25, 0.3) is 0 Å². The van der Waals surface area contributed by atoms with Crippen molar-refractivity contribution in [3.63, 3.8) is 0 Å². The van der Waals surface area contributed by atoms with Gasteiger partial charge in [-0.25, -0.2) is 0 Å². The molecule has 0 radical (unpaired) electrons. The number of rotatable bonds is 0. The number of hydrogen-bond donors (Lipinski definition) is 0. The van der Waals surface area contributed by atoms with E-state index >= 15 is 0 Å². The molecule has 0 aromatic heterocycles. The van der Waals surface area contributed by atoms with Crippen LogP contribution < -0.4 is 0 Å². The van der Waals surface area contributed by atoms with Crippen LogP contribution in [0.3, 0.4) is 0 Å². The van der Waals surface area contributed by atoms with Gasteiger partial charge in [-0.2, -0.15) is 0 Å². The van der Waals surface area contributed by atoms with Gasteiger partial charge in [-0.3, -0.25) is 0 Å². The zero-order valence-corrected chi connectivity index (χ0v) is 12.1. The Hall–Kier alpha value is -0.780. The summed E-state index contributed by atoms with van der Waals surface area (Å²) in [4.78, 5) is 0. The van der Waals surface area contributed by atoms with Crippen molar-refractivity contribution in [3.05, 3.63) is 34.9 Å². The van der Waals surface area contributed by atoms with Crippen molar-refractivity contribution < 1.29 is 0 Å². The fourth-order valence-corrected chi connectivity index (χ4v) is 3.29. The molecule has 0 saturated carbocycles. The van der Waals surface area contributed by atoms with E-state index in [2.05, 4.69) is 52.8 Å². The van der Waals surface area contributed by atoms with Crippen molar-refractivity contribution in [3.8, 4) is 0 Å². The average molecular weight is 230 g/mol. The second kappa shape index (κ2) is 4.15. The van der Waals surface area contributed by atoms with Gasteiger partial charge in [-0.15, -0.1) is 0 Å². The summed E-state index contributed by atoms with van der Waals surface area (Å²) in [5.74, 6) is 0. The Morgan fingerprint density at radius 3 is 2.29 bits per heavy atom. The van der Waals surface area contributed by atoms with Gasteiger partial charge in [-0.1, -0.05) is 63.5 Å². The molecule has 0 unspecified atom stereocenters. The molecule has 0 saturated heterocycles. The largest absolute Gasteiger partial charge is 0.0775 e. The molecular weight excluding hydrogens is 204 g/mol. The molecule has 2 aliphatic carbocycles. The monoisotopic (exact) mass is 230 g/mol. The van der Waals surface area contributed by atoms with Crippen molar-refractivity contribution >= 4 is 0 Å². The van der Waals surface area contributed by atoms with Crippen LogP contribution in [-0.2, 0) is 0 Å². The van der Waals surface area contributed by atoms with Gasteiger partial charge in [0.2, 0.25) is 0 Å². The first-order valence-electron chi connectivity index (χ1n) is 6.92. The van der Waals surface area contributed by atoms with Gasteiger partial charge in [-0.05, 0) is 42.6 Å². The lowest BCUT2D eigenvalue weighted by atomic mass is 9.74. The molecule has 0 nitrogen and oxygen atoms in total. The quantitative estimate of drug-likeness (QED) is 0.521. The zero-order valence-electron chi connectivity index (χ0n) is 12.1. The highest BCUT2D eigenvalue weighted by Crippen LogP contribution is 2.48. The molecule has 0 fully saturated rings. The van der Waals surface area contributed by atoms with Gasteiger partial charge >= 0.3 is 0 Å². The minimum atomic E-state index is 0.345. The van der Waals surface area contributed by atoms with Crippen molar-refractivity contribution in [2.75, 3.05) is 0 Å². The predicted molar refractivity (Wildman–Crippen MR) is 76.0 cm³/mol. The zero-order chi connectivity index (χ0) is 12.7. The molecule has 0 spiro atoms. The molecule has 2 rings (SSSR count). The first-order valence-corrected chi connectivity index (χ1v) is 6.92. The van der Waals surface area contributed by atoms with Crippen LogP contribution in [0.15, 0.2) is 34.9 Å². The standard InChI is InChI=1S/C17H26/c1-13-7-9-14-15(10-8-13)17(4,5)12-6-11-16(14,2)3/h7-9H,6,10-12H2,1-5H3. The van der Waals surface area contributed by atoms with Gasteiger partial charge in [0, 0.05) is 0 Å². The summed E-state index contributed by atoms with van der Waals surface area (Å²) in [6.45, 7) is 11.9. The summed E-state index contributed by atoms with van der Waals surface area (Å²) in [7, 11) is 0. The second-order valence-electron chi connectivity index (χ2n) is 7.00. The highest BCUT2D eigenvalue weighted by atomic mass is 14.4. The Labute approximate surface area is 106 Å². The Balaban J connectivity index is 2.55. The van der Waals surface area contributed by atoms with Crippen LogP contribution >= 0.6 is 0 Å². The van der Waals surface area contributed by atoms with E-state index in [1.54, 1.807) is 11.1 Å². The Morgan fingerprint density at radius 2 is 1.59 bits per heavy atom. The van der Waals surface area contributed by atoms with Crippen LogP contribution in [0.25, 0.3) is 0 Å². The molecular formula is C17H26. The predicted octanol–water partition coefficient (Wildman–Crippen LogP) is 5.43. The molecule has 0 heteroatoms. The Bertz CT molecular complexity index is 400. The minimum Gasteiger partial charge on any atom is -0.0775 e. The molecule has 0 bridgehead atoms. The summed E-state index contributed by atoms with van der Waals surface area (Å²) in [6, 6.07) is 0. The maximum absolute atomic E-state index is 2.42.